The molecule has 0 aromatic carbocycles. The predicted octanol–water partition coefficient (Wildman–Crippen LogP) is 2.24. The van der Waals surface area contributed by atoms with E-state index in [9.17, 15) is 9.59 Å². The summed E-state index contributed by atoms with van der Waals surface area (Å²) in [4.78, 5) is 24.2. The smallest absolute Gasteiger partial charge is 0.407 e. The van der Waals surface area contributed by atoms with Gasteiger partial charge in [0.1, 0.15) is 11.6 Å². The van der Waals surface area contributed by atoms with Crippen LogP contribution in [0.15, 0.2) is 0 Å². The van der Waals surface area contributed by atoms with Gasteiger partial charge >= 0.3 is 12.1 Å². The van der Waals surface area contributed by atoms with Crippen molar-refractivity contribution in [1.29, 1.82) is 0 Å². The van der Waals surface area contributed by atoms with Crippen LogP contribution in [0.2, 0.25) is 0 Å². The van der Waals surface area contributed by atoms with Gasteiger partial charge < -0.3 is 19.5 Å². The van der Waals surface area contributed by atoms with E-state index in [1.54, 1.807) is 0 Å². The summed E-state index contributed by atoms with van der Waals surface area (Å²) < 4.78 is 15.9. The highest BCUT2D eigenvalue weighted by Gasteiger charge is 2.42. The highest BCUT2D eigenvalue weighted by molar-refractivity contribution is 5.76. The van der Waals surface area contributed by atoms with Gasteiger partial charge in [0.2, 0.25) is 0 Å². The summed E-state index contributed by atoms with van der Waals surface area (Å²) in [6, 6.07) is -0.420. The lowest BCUT2D eigenvalue weighted by Gasteiger charge is -2.44. The molecule has 1 amide bonds. The van der Waals surface area contributed by atoms with Crippen LogP contribution in [0.25, 0.3) is 0 Å². The summed E-state index contributed by atoms with van der Waals surface area (Å²) in [7, 11) is 0. The first kappa shape index (κ1) is 21.7. The van der Waals surface area contributed by atoms with Gasteiger partial charge in [-0.05, 0) is 39.5 Å². The molecule has 0 bridgehead atoms. The second-order valence-electron chi connectivity index (χ2n) is 8.12. The van der Waals surface area contributed by atoms with E-state index in [1.165, 1.54) is 0 Å². The van der Waals surface area contributed by atoms with Crippen molar-refractivity contribution in [3.63, 3.8) is 0 Å². The summed E-state index contributed by atoms with van der Waals surface area (Å²) in [6.45, 7) is 13.1. The quantitative estimate of drug-likeness (QED) is 0.615. The van der Waals surface area contributed by atoms with Crippen molar-refractivity contribution in [1.82, 2.24) is 10.6 Å². The number of hydrogen-bond acceptors (Lipinski definition) is 6. The van der Waals surface area contributed by atoms with Crippen LogP contribution in [0, 0.1) is 5.92 Å². The summed E-state index contributed by atoms with van der Waals surface area (Å²) in [6.07, 6.45) is 0.972. The molecule has 1 rings (SSSR count). The molecule has 0 aliphatic carbocycles. The average Bonchev–Trinajstić information content (AvgIpc) is 2.43. The van der Waals surface area contributed by atoms with Gasteiger partial charge in [0.05, 0.1) is 25.4 Å². The summed E-state index contributed by atoms with van der Waals surface area (Å²) in [5, 5.41) is 6.12. The molecule has 0 saturated carbocycles. The first-order valence-corrected chi connectivity index (χ1v) is 9.06. The fraction of sp³-hybridized carbons (Fsp3) is 0.889. The Balaban J connectivity index is 2.64. The average molecular weight is 358 g/mol. The zero-order valence-electron chi connectivity index (χ0n) is 16.4. The SMILES string of the molecule is CCCOC(=O)[C@H](CC(C)C)NC1(CNC(=O)OC(C)(C)C)COC1. The number of carbonyl (C=O) groups is 2. The van der Waals surface area contributed by atoms with Crippen LogP contribution in [0.5, 0.6) is 0 Å². The van der Waals surface area contributed by atoms with E-state index in [4.69, 9.17) is 14.2 Å². The Hall–Kier alpha value is -1.34. The van der Waals surface area contributed by atoms with Gasteiger partial charge in [0.25, 0.3) is 0 Å². The van der Waals surface area contributed by atoms with Gasteiger partial charge in [0.15, 0.2) is 0 Å². The molecule has 7 heteroatoms. The van der Waals surface area contributed by atoms with E-state index in [-0.39, 0.29) is 5.97 Å². The Kier molecular flexibility index (Phi) is 8.15. The maximum Gasteiger partial charge on any atom is 0.407 e. The van der Waals surface area contributed by atoms with Crippen molar-refractivity contribution in [3.05, 3.63) is 0 Å². The number of carbonyl (C=O) groups excluding carboxylic acids is 2. The van der Waals surface area contributed by atoms with Crippen LogP contribution in [0.3, 0.4) is 0 Å². The first-order chi connectivity index (χ1) is 11.6. The fourth-order valence-corrected chi connectivity index (χ4v) is 2.50. The number of amides is 1. The molecule has 1 atom stereocenters. The molecule has 25 heavy (non-hydrogen) atoms. The van der Waals surface area contributed by atoms with E-state index < -0.39 is 23.3 Å². The number of alkyl carbamates (subject to hydrolysis) is 1. The van der Waals surface area contributed by atoms with E-state index in [0.29, 0.717) is 38.7 Å². The lowest BCUT2D eigenvalue weighted by molar-refractivity contribution is -0.150. The third-order valence-electron chi connectivity index (χ3n) is 3.65. The van der Waals surface area contributed by atoms with E-state index in [1.807, 2.05) is 27.7 Å². The van der Waals surface area contributed by atoms with Crippen molar-refractivity contribution in [3.8, 4) is 0 Å². The van der Waals surface area contributed by atoms with Crippen LogP contribution in [0.4, 0.5) is 4.79 Å². The minimum absolute atomic E-state index is 0.251. The van der Waals surface area contributed by atoms with Crippen LogP contribution >= 0.6 is 0 Å². The molecule has 0 aromatic rings. The standard InChI is InChI=1S/C18H34N2O5/c1-7-8-24-15(21)14(9-13(2)3)20-18(11-23-12-18)10-19-16(22)25-17(4,5)6/h13-14,20H,7-12H2,1-6H3,(H,19,22)/t14-/m0/s1. The number of rotatable bonds is 9. The molecular formula is C18H34N2O5. The van der Waals surface area contributed by atoms with Gasteiger partial charge in [-0.2, -0.15) is 0 Å². The molecule has 7 nitrogen and oxygen atoms in total. The predicted molar refractivity (Wildman–Crippen MR) is 95.4 cm³/mol. The van der Waals surface area contributed by atoms with Gasteiger partial charge in [-0.15, -0.1) is 0 Å². The molecule has 2 N–H and O–H groups in total. The van der Waals surface area contributed by atoms with Crippen molar-refractivity contribution < 1.29 is 23.8 Å². The third kappa shape index (κ3) is 8.05. The van der Waals surface area contributed by atoms with Crippen molar-refractivity contribution in [2.75, 3.05) is 26.4 Å². The zero-order chi connectivity index (χ0) is 19.1. The van der Waals surface area contributed by atoms with Crippen LogP contribution in [-0.2, 0) is 19.0 Å². The second kappa shape index (κ2) is 9.38. The van der Waals surface area contributed by atoms with Gasteiger partial charge in [-0.1, -0.05) is 20.8 Å². The number of esters is 1. The van der Waals surface area contributed by atoms with Gasteiger partial charge in [-0.25, -0.2) is 4.79 Å². The highest BCUT2D eigenvalue weighted by atomic mass is 16.6. The van der Waals surface area contributed by atoms with E-state index in [0.717, 1.165) is 6.42 Å². The third-order valence-corrected chi connectivity index (χ3v) is 3.65. The van der Waals surface area contributed by atoms with Gasteiger partial charge in [0, 0.05) is 6.54 Å². The minimum Gasteiger partial charge on any atom is -0.465 e. The number of hydrogen-bond donors (Lipinski definition) is 2. The van der Waals surface area contributed by atoms with E-state index >= 15 is 0 Å². The zero-order valence-corrected chi connectivity index (χ0v) is 16.4. The maximum atomic E-state index is 12.3. The molecule has 0 unspecified atom stereocenters. The number of nitrogens with one attached hydrogen (secondary N) is 2. The molecule has 1 aliphatic rings. The Morgan fingerprint density at radius 3 is 2.32 bits per heavy atom. The Morgan fingerprint density at radius 2 is 1.88 bits per heavy atom. The molecule has 146 valence electrons. The molecule has 0 spiro atoms. The summed E-state index contributed by atoms with van der Waals surface area (Å²) in [5.41, 5.74) is -1.02. The lowest BCUT2D eigenvalue weighted by Crippen LogP contribution is -2.69. The Bertz CT molecular complexity index is 441. The maximum absolute atomic E-state index is 12.3. The fourth-order valence-electron chi connectivity index (χ4n) is 2.50. The molecule has 0 aromatic heterocycles. The van der Waals surface area contributed by atoms with Crippen molar-refractivity contribution >= 4 is 12.1 Å². The van der Waals surface area contributed by atoms with Crippen LogP contribution in [0.1, 0.15) is 54.4 Å². The molecule has 1 fully saturated rings. The Labute approximate surface area is 151 Å². The van der Waals surface area contributed by atoms with Crippen LogP contribution < -0.4 is 10.6 Å². The Morgan fingerprint density at radius 1 is 1.24 bits per heavy atom. The monoisotopic (exact) mass is 358 g/mol. The molecule has 0 radical (unpaired) electrons. The van der Waals surface area contributed by atoms with Crippen molar-refractivity contribution in [2.24, 2.45) is 5.92 Å². The molecule has 1 heterocycles. The highest BCUT2D eigenvalue weighted by Crippen LogP contribution is 2.20. The second-order valence-corrected chi connectivity index (χ2v) is 8.12. The van der Waals surface area contributed by atoms with Gasteiger partial charge in [-0.3, -0.25) is 10.1 Å². The molecule has 1 saturated heterocycles. The summed E-state index contributed by atoms with van der Waals surface area (Å²) in [5.74, 6) is 0.0858. The summed E-state index contributed by atoms with van der Waals surface area (Å²) >= 11 is 0. The van der Waals surface area contributed by atoms with Crippen molar-refractivity contribution in [2.45, 2.75) is 71.6 Å². The molecule has 1 aliphatic heterocycles. The lowest BCUT2D eigenvalue weighted by atomic mass is 9.93. The minimum atomic E-state index is -0.551. The molecular weight excluding hydrogens is 324 g/mol. The number of ether oxygens (including phenoxy) is 3. The first-order valence-electron chi connectivity index (χ1n) is 9.06. The van der Waals surface area contributed by atoms with Crippen LogP contribution in [-0.4, -0.2) is 55.6 Å². The largest absolute Gasteiger partial charge is 0.465 e. The van der Waals surface area contributed by atoms with E-state index in [2.05, 4.69) is 24.5 Å². The normalized spacial score (nSPS) is 17.6. The topological polar surface area (TPSA) is 85.9 Å².